The number of fused-ring (bicyclic) bond motifs is 2. The van der Waals surface area contributed by atoms with Crippen molar-refractivity contribution in [3.8, 4) is 0 Å². The lowest BCUT2D eigenvalue weighted by Crippen LogP contribution is -2.44. The van der Waals surface area contributed by atoms with Crippen molar-refractivity contribution >= 4 is 27.5 Å². The Morgan fingerprint density at radius 2 is 2.00 bits per heavy atom. The van der Waals surface area contributed by atoms with Crippen molar-refractivity contribution in [3.63, 3.8) is 0 Å². The van der Waals surface area contributed by atoms with E-state index in [2.05, 4.69) is 16.0 Å². The van der Waals surface area contributed by atoms with Crippen LogP contribution in [-0.2, 0) is 11.2 Å². The minimum Gasteiger partial charge on any atom is -0.342 e. The van der Waals surface area contributed by atoms with Crippen LogP contribution >= 0.6 is 11.3 Å². The molecule has 2 aromatic rings. The molecule has 1 amide bonds. The van der Waals surface area contributed by atoms with Crippen LogP contribution in [0.2, 0.25) is 0 Å². The first kappa shape index (κ1) is 15.1. The maximum Gasteiger partial charge on any atom is 0.222 e. The average molecular weight is 328 g/mol. The number of aromatic nitrogens is 1. The molecule has 1 aliphatic carbocycles. The van der Waals surface area contributed by atoms with E-state index in [9.17, 15) is 4.79 Å². The molecule has 23 heavy (non-hydrogen) atoms. The van der Waals surface area contributed by atoms with Gasteiger partial charge in [-0.25, -0.2) is 4.98 Å². The summed E-state index contributed by atoms with van der Waals surface area (Å²) in [6.45, 7) is 1.98. The molecule has 0 radical (unpaired) electrons. The van der Waals surface area contributed by atoms with Crippen molar-refractivity contribution in [2.24, 2.45) is 11.8 Å². The smallest absolute Gasteiger partial charge is 0.222 e. The van der Waals surface area contributed by atoms with Crippen LogP contribution in [0.15, 0.2) is 24.3 Å². The maximum absolute atomic E-state index is 12.6. The van der Waals surface area contributed by atoms with Crippen LogP contribution in [-0.4, -0.2) is 28.9 Å². The lowest BCUT2D eigenvalue weighted by Gasteiger charge is -2.41. The summed E-state index contributed by atoms with van der Waals surface area (Å²) in [6, 6.07) is 8.21. The lowest BCUT2D eigenvalue weighted by molar-refractivity contribution is -0.134. The number of rotatable bonds is 3. The Balaban J connectivity index is 1.34. The van der Waals surface area contributed by atoms with Gasteiger partial charge >= 0.3 is 0 Å². The number of hydrogen-bond acceptors (Lipinski definition) is 3. The molecule has 1 aliphatic heterocycles. The molecule has 2 atom stereocenters. The number of likely N-dealkylation sites (tertiary alicyclic amines) is 1. The van der Waals surface area contributed by atoms with Gasteiger partial charge in [0.05, 0.1) is 15.2 Å². The predicted octanol–water partition coefficient (Wildman–Crippen LogP) is 4.27. The van der Waals surface area contributed by atoms with E-state index >= 15 is 0 Å². The minimum atomic E-state index is 0.327. The molecule has 4 rings (SSSR count). The SMILES string of the molecule is O=C(CCc1nc2ccccc2s1)N1CC[C@@H]2CCCC[C@@H]2C1. The number of para-hydroxylation sites is 1. The molecule has 2 fully saturated rings. The average Bonchev–Trinajstić information content (AvgIpc) is 3.02. The van der Waals surface area contributed by atoms with Crippen LogP contribution < -0.4 is 0 Å². The number of benzene rings is 1. The molecule has 2 aliphatic rings. The largest absolute Gasteiger partial charge is 0.342 e. The molecule has 0 unspecified atom stereocenters. The molecule has 122 valence electrons. The van der Waals surface area contributed by atoms with Gasteiger partial charge in [0.25, 0.3) is 0 Å². The second kappa shape index (κ2) is 6.60. The van der Waals surface area contributed by atoms with Crippen LogP contribution in [0.25, 0.3) is 10.2 Å². The Morgan fingerprint density at radius 1 is 1.17 bits per heavy atom. The number of aryl methyl sites for hydroxylation is 1. The quantitative estimate of drug-likeness (QED) is 0.843. The third-order valence-corrected chi connectivity index (χ3v) is 6.63. The van der Waals surface area contributed by atoms with Gasteiger partial charge in [0.15, 0.2) is 0 Å². The molecule has 1 aromatic heterocycles. The highest BCUT2D eigenvalue weighted by atomic mass is 32.1. The van der Waals surface area contributed by atoms with Gasteiger partial charge in [-0.1, -0.05) is 31.4 Å². The normalized spacial score (nSPS) is 24.6. The molecule has 0 N–H and O–H groups in total. The number of thiazole rings is 1. The van der Waals surface area contributed by atoms with E-state index < -0.39 is 0 Å². The third kappa shape index (κ3) is 3.27. The van der Waals surface area contributed by atoms with Gasteiger partial charge in [-0.15, -0.1) is 11.3 Å². The molecule has 2 heterocycles. The van der Waals surface area contributed by atoms with E-state index in [4.69, 9.17) is 0 Å². The first-order chi connectivity index (χ1) is 11.3. The fourth-order valence-corrected chi connectivity index (χ4v) is 5.19. The summed E-state index contributed by atoms with van der Waals surface area (Å²) in [7, 11) is 0. The molecule has 1 aromatic carbocycles. The van der Waals surface area contributed by atoms with E-state index in [0.717, 1.165) is 41.9 Å². The topological polar surface area (TPSA) is 33.2 Å². The van der Waals surface area contributed by atoms with Gasteiger partial charge in [-0.05, 0) is 36.8 Å². The molecule has 4 heteroatoms. The molecule has 3 nitrogen and oxygen atoms in total. The van der Waals surface area contributed by atoms with E-state index in [1.807, 2.05) is 18.2 Å². The van der Waals surface area contributed by atoms with E-state index in [0.29, 0.717) is 12.3 Å². The highest BCUT2D eigenvalue weighted by Crippen LogP contribution is 2.36. The summed E-state index contributed by atoms with van der Waals surface area (Å²) in [5.74, 6) is 1.98. The number of hydrogen-bond donors (Lipinski definition) is 0. The summed E-state index contributed by atoms with van der Waals surface area (Å²) in [5, 5.41) is 1.09. The second-order valence-electron chi connectivity index (χ2n) is 7.01. The van der Waals surface area contributed by atoms with Crippen molar-refractivity contribution in [2.75, 3.05) is 13.1 Å². The first-order valence-electron chi connectivity index (χ1n) is 8.92. The van der Waals surface area contributed by atoms with Crippen LogP contribution in [0, 0.1) is 11.8 Å². The van der Waals surface area contributed by atoms with Gasteiger partial charge in [-0.3, -0.25) is 4.79 Å². The Hall–Kier alpha value is -1.42. The molecule has 0 bridgehead atoms. The van der Waals surface area contributed by atoms with Crippen molar-refractivity contribution in [2.45, 2.75) is 44.9 Å². The zero-order valence-corrected chi connectivity index (χ0v) is 14.4. The lowest BCUT2D eigenvalue weighted by atomic mass is 9.75. The summed E-state index contributed by atoms with van der Waals surface area (Å²) in [6.07, 6.45) is 8.07. The number of piperidine rings is 1. The monoisotopic (exact) mass is 328 g/mol. The van der Waals surface area contributed by atoms with Crippen molar-refractivity contribution in [3.05, 3.63) is 29.3 Å². The highest BCUT2D eigenvalue weighted by molar-refractivity contribution is 7.18. The number of carbonyl (C=O) groups excluding carboxylic acids is 1. The van der Waals surface area contributed by atoms with Crippen LogP contribution in [0.4, 0.5) is 0 Å². The molecular weight excluding hydrogens is 304 g/mol. The molecule has 1 saturated carbocycles. The zero-order valence-electron chi connectivity index (χ0n) is 13.5. The Bertz CT molecular complexity index is 662. The fraction of sp³-hybridized carbons (Fsp3) is 0.579. The van der Waals surface area contributed by atoms with Crippen molar-refractivity contribution in [1.82, 2.24) is 9.88 Å². The third-order valence-electron chi connectivity index (χ3n) is 5.53. The van der Waals surface area contributed by atoms with E-state index in [1.54, 1.807) is 11.3 Å². The Kier molecular flexibility index (Phi) is 4.34. The van der Waals surface area contributed by atoms with Crippen molar-refractivity contribution in [1.29, 1.82) is 0 Å². The van der Waals surface area contributed by atoms with Crippen LogP contribution in [0.5, 0.6) is 0 Å². The summed E-state index contributed by atoms with van der Waals surface area (Å²) < 4.78 is 1.22. The van der Waals surface area contributed by atoms with Gasteiger partial charge in [0, 0.05) is 25.9 Å². The molecular formula is C19H24N2OS. The predicted molar refractivity (Wildman–Crippen MR) is 94.6 cm³/mol. The number of amides is 1. The highest BCUT2D eigenvalue weighted by Gasteiger charge is 2.32. The fourth-order valence-electron chi connectivity index (χ4n) is 4.23. The molecule has 0 spiro atoms. The minimum absolute atomic E-state index is 0.327. The summed E-state index contributed by atoms with van der Waals surface area (Å²) >= 11 is 1.72. The van der Waals surface area contributed by atoms with E-state index in [1.165, 1.54) is 36.8 Å². The maximum atomic E-state index is 12.6. The van der Waals surface area contributed by atoms with Crippen LogP contribution in [0.1, 0.15) is 43.5 Å². The van der Waals surface area contributed by atoms with Crippen molar-refractivity contribution < 1.29 is 4.79 Å². The van der Waals surface area contributed by atoms with Gasteiger partial charge in [0.1, 0.15) is 0 Å². The van der Waals surface area contributed by atoms with Gasteiger partial charge in [0.2, 0.25) is 5.91 Å². The van der Waals surface area contributed by atoms with Gasteiger partial charge < -0.3 is 4.90 Å². The summed E-state index contributed by atoms with van der Waals surface area (Å²) in [4.78, 5) is 19.3. The van der Waals surface area contributed by atoms with E-state index in [-0.39, 0.29) is 0 Å². The standard InChI is InChI=1S/C19H24N2OS/c22-19(21-12-11-14-5-1-2-6-15(14)13-21)10-9-18-20-16-7-3-4-8-17(16)23-18/h3-4,7-8,14-15H,1-2,5-6,9-13H2/t14-,15+/m0/s1. The first-order valence-corrected chi connectivity index (χ1v) is 9.73. The Morgan fingerprint density at radius 3 is 2.87 bits per heavy atom. The zero-order chi connectivity index (χ0) is 15.6. The van der Waals surface area contributed by atoms with Gasteiger partial charge in [-0.2, -0.15) is 0 Å². The summed E-state index contributed by atoms with van der Waals surface area (Å²) in [5.41, 5.74) is 1.06. The van der Waals surface area contributed by atoms with Crippen LogP contribution in [0.3, 0.4) is 0 Å². The number of nitrogens with zero attached hydrogens (tertiary/aromatic N) is 2. The second-order valence-corrected chi connectivity index (χ2v) is 8.12. The number of carbonyl (C=O) groups is 1. The Labute approximate surface area is 141 Å². The molecule has 1 saturated heterocycles.